The first-order chi connectivity index (χ1) is 13.5. The van der Waals surface area contributed by atoms with E-state index in [1.54, 1.807) is 7.11 Å². The van der Waals surface area contributed by atoms with Crippen LogP contribution in [0.25, 0.3) is 0 Å². The third-order valence-electron chi connectivity index (χ3n) is 6.13. The summed E-state index contributed by atoms with van der Waals surface area (Å²) in [5, 5.41) is 9.14. The van der Waals surface area contributed by atoms with Crippen LogP contribution in [0.5, 0.6) is 5.75 Å². The zero-order valence-electron chi connectivity index (χ0n) is 17.1. The zero-order chi connectivity index (χ0) is 20.1. The Bertz CT molecular complexity index is 729. The van der Waals surface area contributed by atoms with Crippen LogP contribution in [0.1, 0.15) is 57.9 Å². The molecule has 152 valence electrons. The minimum Gasteiger partial charge on any atom is -0.497 e. The first kappa shape index (κ1) is 20.4. The first-order valence-electron chi connectivity index (χ1n) is 10.3. The van der Waals surface area contributed by atoms with Gasteiger partial charge in [-0.1, -0.05) is 26.7 Å². The highest BCUT2D eigenvalue weighted by molar-refractivity contribution is 6.04. The van der Waals surface area contributed by atoms with Gasteiger partial charge >= 0.3 is 0 Å². The lowest BCUT2D eigenvalue weighted by Crippen LogP contribution is -2.44. The molecular formula is C22H31N3O3. The van der Waals surface area contributed by atoms with Crippen molar-refractivity contribution in [1.29, 1.82) is 0 Å². The van der Waals surface area contributed by atoms with E-state index in [1.165, 1.54) is 11.4 Å². The number of hydrogen-bond donors (Lipinski definition) is 1. The van der Waals surface area contributed by atoms with Gasteiger partial charge in [0.2, 0.25) is 11.8 Å². The topological polar surface area (TPSA) is 71.0 Å². The summed E-state index contributed by atoms with van der Waals surface area (Å²) in [6, 6.07) is 7.91. The summed E-state index contributed by atoms with van der Waals surface area (Å²) in [7, 11) is 1.63. The van der Waals surface area contributed by atoms with E-state index < -0.39 is 0 Å². The van der Waals surface area contributed by atoms with Gasteiger partial charge in [-0.25, -0.2) is 5.01 Å². The van der Waals surface area contributed by atoms with Gasteiger partial charge in [-0.2, -0.15) is 5.10 Å². The molecule has 1 aromatic rings. The summed E-state index contributed by atoms with van der Waals surface area (Å²) in [5.41, 5.74) is 1.85. The Labute approximate surface area is 167 Å². The molecule has 1 fully saturated rings. The molecule has 0 aromatic heterocycles. The molecular weight excluding hydrogens is 354 g/mol. The van der Waals surface area contributed by atoms with Crippen LogP contribution in [0.3, 0.4) is 0 Å². The fourth-order valence-corrected chi connectivity index (χ4v) is 4.04. The molecule has 0 bridgehead atoms. The van der Waals surface area contributed by atoms with Gasteiger partial charge in [0.1, 0.15) is 5.75 Å². The summed E-state index contributed by atoms with van der Waals surface area (Å²) in [6.45, 7) is 4.79. The molecule has 2 aliphatic rings. The molecule has 1 aromatic carbocycles. The van der Waals surface area contributed by atoms with Crippen LogP contribution in [-0.4, -0.2) is 42.2 Å². The van der Waals surface area contributed by atoms with E-state index in [1.807, 2.05) is 24.3 Å². The van der Waals surface area contributed by atoms with Crippen molar-refractivity contribution >= 4 is 17.5 Å². The Kier molecular flexibility index (Phi) is 6.70. The van der Waals surface area contributed by atoms with Gasteiger partial charge in [-0.05, 0) is 48.1 Å². The van der Waals surface area contributed by atoms with Crippen molar-refractivity contribution in [2.24, 2.45) is 16.9 Å². The molecule has 3 atom stereocenters. The van der Waals surface area contributed by atoms with E-state index in [0.29, 0.717) is 31.2 Å². The quantitative estimate of drug-likeness (QED) is 0.816. The Morgan fingerprint density at radius 1 is 1.21 bits per heavy atom. The van der Waals surface area contributed by atoms with Crippen LogP contribution >= 0.6 is 0 Å². The minimum absolute atomic E-state index is 0.00511. The number of hydrogen-bond acceptors (Lipinski definition) is 4. The molecule has 6 nitrogen and oxygen atoms in total. The maximum absolute atomic E-state index is 12.4. The SMILES string of the molecule is COc1ccc(C2=NN(CCC(=O)NC3CCCC(C)C3C)C(=O)CC2)cc1. The minimum atomic E-state index is -0.0234. The van der Waals surface area contributed by atoms with E-state index in [2.05, 4.69) is 24.3 Å². The number of nitrogens with zero attached hydrogens (tertiary/aromatic N) is 2. The fraction of sp³-hybridized carbons (Fsp3) is 0.591. The third kappa shape index (κ3) is 4.91. The number of carbonyl (C=O) groups excluding carboxylic acids is 2. The van der Waals surface area contributed by atoms with Crippen molar-refractivity contribution in [2.45, 2.75) is 58.4 Å². The lowest BCUT2D eigenvalue weighted by Gasteiger charge is -2.34. The lowest BCUT2D eigenvalue weighted by atomic mass is 9.78. The number of amides is 2. The molecule has 1 aliphatic carbocycles. The number of benzene rings is 1. The predicted octanol–water partition coefficient (Wildman–Crippen LogP) is 3.35. The molecule has 1 heterocycles. The second-order valence-electron chi connectivity index (χ2n) is 7.98. The second-order valence-corrected chi connectivity index (χ2v) is 7.98. The lowest BCUT2D eigenvalue weighted by molar-refractivity contribution is -0.132. The van der Waals surface area contributed by atoms with E-state index in [0.717, 1.165) is 29.9 Å². The van der Waals surface area contributed by atoms with Crippen LogP contribution in [0.2, 0.25) is 0 Å². The highest BCUT2D eigenvalue weighted by Crippen LogP contribution is 2.29. The van der Waals surface area contributed by atoms with E-state index in [9.17, 15) is 9.59 Å². The highest BCUT2D eigenvalue weighted by Gasteiger charge is 2.28. The fourth-order valence-electron chi connectivity index (χ4n) is 4.04. The van der Waals surface area contributed by atoms with Crippen molar-refractivity contribution in [1.82, 2.24) is 10.3 Å². The number of hydrazone groups is 1. The van der Waals surface area contributed by atoms with E-state index in [4.69, 9.17) is 4.74 Å². The van der Waals surface area contributed by atoms with Crippen molar-refractivity contribution in [2.75, 3.05) is 13.7 Å². The smallest absolute Gasteiger partial charge is 0.243 e. The van der Waals surface area contributed by atoms with E-state index >= 15 is 0 Å². The third-order valence-corrected chi connectivity index (χ3v) is 6.13. The normalized spacial score (nSPS) is 25.2. The van der Waals surface area contributed by atoms with Crippen LogP contribution < -0.4 is 10.1 Å². The van der Waals surface area contributed by atoms with Crippen LogP contribution in [0.4, 0.5) is 0 Å². The first-order valence-corrected chi connectivity index (χ1v) is 10.3. The average Bonchev–Trinajstić information content (AvgIpc) is 2.71. The van der Waals surface area contributed by atoms with Gasteiger partial charge < -0.3 is 10.1 Å². The molecule has 3 unspecified atom stereocenters. The van der Waals surface area contributed by atoms with Crippen molar-refractivity contribution in [3.63, 3.8) is 0 Å². The number of methoxy groups -OCH3 is 1. The second kappa shape index (κ2) is 9.22. The number of nitrogens with one attached hydrogen (secondary N) is 1. The van der Waals surface area contributed by atoms with Gasteiger partial charge in [-0.3, -0.25) is 9.59 Å². The molecule has 1 saturated carbocycles. The average molecular weight is 386 g/mol. The summed E-state index contributed by atoms with van der Waals surface area (Å²) in [6.07, 6.45) is 4.76. The van der Waals surface area contributed by atoms with Crippen molar-refractivity contribution in [3.8, 4) is 5.75 Å². The van der Waals surface area contributed by atoms with Crippen LogP contribution in [0, 0.1) is 11.8 Å². The number of rotatable bonds is 6. The predicted molar refractivity (Wildman–Crippen MR) is 109 cm³/mol. The van der Waals surface area contributed by atoms with Gasteiger partial charge in [0.25, 0.3) is 0 Å². The maximum atomic E-state index is 12.4. The Hall–Kier alpha value is -2.37. The highest BCUT2D eigenvalue weighted by atomic mass is 16.5. The standard InChI is InChI=1S/C22H31N3O3/c1-15-5-4-6-19(16(15)2)23-21(26)13-14-25-22(27)12-11-20(24-25)17-7-9-18(28-3)10-8-17/h7-10,15-16,19H,4-6,11-14H2,1-3H3,(H,23,26). The van der Waals surface area contributed by atoms with Crippen molar-refractivity contribution < 1.29 is 14.3 Å². The molecule has 6 heteroatoms. The molecule has 28 heavy (non-hydrogen) atoms. The molecule has 0 saturated heterocycles. The van der Waals surface area contributed by atoms with Gasteiger partial charge in [0, 0.05) is 25.3 Å². The largest absolute Gasteiger partial charge is 0.497 e. The van der Waals surface area contributed by atoms with Gasteiger partial charge in [0.05, 0.1) is 19.4 Å². The van der Waals surface area contributed by atoms with Crippen LogP contribution in [0.15, 0.2) is 29.4 Å². The number of ether oxygens (including phenoxy) is 1. The Morgan fingerprint density at radius 2 is 1.96 bits per heavy atom. The molecule has 2 amide bonds. The zero-order valence-corrected chi connectivity index (χ0v) is 17.1. The Morgan fingerprint density at radius 3 is 2.68 bits per heavy atom. The van der Waals surface area contributed by atoms with Crippen LogP contribution in [-0.2, 0) is 9.59 Å². The molecule has 1 N–H and O–H groups in total. The molecule has 3 rings (SSSR count). The van der Waals surface area contributed by atoms with Gasteiger partial charge in [-0.15, -0.1) is 0 Å². The molecule has 0 spiro atoms. The van der Waals surface area contributed by atoms with Crippen molar-refractivity contribution in [3.05, 3.63) is 29.8 Å². The maximum Gasteiger partial charge on any atom is 0.243 e. The summed E-state index contributed by atoms with van der Waals surface area (Å²) in [5.74, 6) is 1.90. The Balaban J connectivity index is 1.57. The molecule has 0 radical (unpaired) electrons. The number of carbonyl (C=O) groups is 2. The summed E-state index contributed by atoms with van der Waals surface area (Å²) < 4.78 is 5.19. The summed E-state index contributed by atoms with van der Waals surface area (Å²) in [4.78, 5) is 24.7. The van der Waals surface area contributed by atoms with E-state index in [-0.39, 0.29) is 24.3 Å². The van der Waals surface area contributed by atoms with Gasteiger partial charge in [0.15, 0.2) is 0 Å². The summed E-state index contributed by atoms with van der Waals surface area (Å²) >= 11 is 0. The molecule has 1 aliphatic heterocycles. The monoisotopic (exact) mass is 385 g/mol.